The van der Waals surface area contributed by atoms with Gasteiger partial charge in [-0.05, 0) is 23.3 Å². The quantitative estimate of drug-likeness (QED) is 0.757. The Balaban J connectivity index is 2.24. The minimum absolute atomic E-state index is 0.112. The first kappa shape index (κ1) is 11.4. The van der Waals surface area contributed by atoms with Crippen molar-refractivity contribution in [1.82, 2.24) is 9.97 Å². The molecule has 19 heavy (non-hydrogen) atoms. The molecule has 0 unspecified atom stereocenters. The topological polar surface area (TPSA) is 45.8 Å². The molecule has 0 saturated heterocycles. The monoisotopic (exact) mass is 248 g/mol. The van der Waals surface area contributed by atoms with Gasteiger partial charge in [-0.2, -0.15) is 0 Å². The zero-order valence-electron chi connectivity index (χ0n) is 10.2. The lowest BCUT2D eigenvalue weighted by atomic mass is 9.99. The van der Waals surface area contributed by atoms with E-state index in [1.165, 1.54) is 0 Å². The van der Waals surface area contributed by atoms with Gasteiger partial charge in [-0.3, -0.25) is 9.78 Å². The maximum atomic E-state index is 11.6. The van der Waals surface area contributed by atoms with Crippen molar-refractivity contribution in [3.63, 3.8) is 0 Å². The van der Waals surface area contributed by atoms with E-state index in [1.807, 2.05) is 48.5 Å². The molecule has 3 aromatic rings. The minimum atomic E-state index is -0.112. The standard InChI is InChI=1S/C16H12N2O/c19-16-10-13(12-6-2-1-3-7-12)14(11-18-16)15-8-4-5-9-17-15/h1-11H,(H,18,19). The van der Waals surface area contributed by atoms with Crippen LogP contribution in [0.25, 0.3) is 22.4 Å². The van der Waals surface area contributed by atoms with E-state index in [0.29, 0.717) is 0 Å². The highest BCUT2D eigenvalue weighted by atomic mass is 16.1. The van der Waals surface area contributed by atoms with Gasteiger partial charge < -0.3 is 4.98 Å². The first-order chi connectivity index (χ1) is 9.34. The van der Waals surface area contributed by atoms with Gasteiger partial charge in [-0.25, -0.2) is 0 Å². The van der Waals surface area contributed by atoms with E-state index < -0.39 is 0 Å². The van der Waals surface area contributed by atoms with Crippen molar-refractivity contribution in [2.45, 2.75) is 0 Å². The van der Waals surface area contributed by atoms with E-state index in [2.05, 4.69) is 9.97 Å². The first-order valence-electron chi connectivity index (χ1n) is 6.04. The molecule has 0 saturated carbocycles. The summed E-state index contributed by atoms with van der Waals surface area (Å²) in [5.74, 6) is 0. The molecule has 0 bridgehead atoms. The van der Waals surface area contributed by atoms with Crippen molar-refractivity contribution in [3.8, 4) is 22.4 Å². The Hall–Kier alpha value is -2.68. The summed E-state index contributed by atoms with van der Waals surface area (Å²) in [7, 11) is 0. The number of benzene rings is 1. The second kappa shape index (κ2) is 4.90. The van der Waals surface area contributed by atoms with E-state index in [0.717, 1.165) is 22.4 Å². The molecule has 3 nitrogen and oxygen atoms in total. The normalized spacial score (nSPS) is 10.3. The zero-order valence-corrected chi connectivity index (χ0v) is 10.2. The molecule has 3 heteroatoms. The lowest BCUT2D eigenvalue weighted by molar-refractivity contribution is 1.22. The van der Waals surface area contributed by atoms with Crippen molar-refractivity contribution in [3.05, 3.63) is 77.3 Å². The molecule has 2 heterocycles. The average Bonchev–Trinajstić information content (AvgIpc) is 2.49. The van der Waals surface area contributed by atoms with Gasteiger partial charge in [0.15, 0.2) is 0 Å². The molecule has 3 rings (SSSR count). The van der Waals surface area contributed by atoms with E-state index in [-0.39, 0.29) is 5.56 Å². The Kier molecular flexibility index (Phi) is 2.94. The Morgan fingerprint density at radius 3 is 2.42 bits per heavy atom. The Morgan fingerprint density at radius 1 is 0.895 bits per heavy atom. The third-order valence-electron chi connectivity index (χ3n) is 2.95. The van der Waals surface area contributed by atoms with Crippen molar-refractivity contribution < 1.29 is 0 Å². The predicted octanol–water partition coefficient (Wildman–Crippen LogP) is 3.10. The number of hydrogen-bond donors (Lipinski definition) is 1. The molecule has 0 atom stereocenters. The summed E-state index contributed by atoms with van der Waals surface area (Å²) in [5.41, 5.74) is 3.56. The molecular weight excluding hydrogens is 236 g/mol. The highest BCUT2D eigenvalue weighted by molar-refractivity contribution is 5.80. The van der Waals surface area contributed by atoms with Crippen LogP contribution in [0.4, 0.5) is 0 Å². The molecule has 0 aliphatic rings. The van der Waals surface area contributed by atoms with E-state index in [1.54, 1.807) is 18.5 Å². The molecule has 0 amide bonds. The molecule has 1 N–H and O–H groups in total. The van der Waals surface area contributed by atoms with Crippen LogP contribution in [0.2, 0.25) is 0 Å². The summed E-state index contributed by atoms with van der Waals surface area (Å²) in [6, 6.07) is 17.2. The van der Waals surface area contributed by atoms with Gasteiger partial charge in [0, 0.05) is 24.0 Å². The molecule has 1 aromatic carbocycles. The van der Waals surface area contributed by atoms with Gasteiger partial charge >= 0.3 is 0 Å². The number of pyridine rings is 2. The van der Waals surface area contributed by atoms with E-state index in [4.69, 9.17) is 0 Å². The fourth-order valence-corrected chi connectivity index (χ4v) is 2.06. The SMILES string of the molecule is O=c1cc(-c2ccccc2)c(-c2ccccn2)c[nH]1. The van der Waals surface area contributed by atoms with Gasteiger partial charge in [-0.15, -0.1) is 0 Å². The van der Waals surface area contributed by atoms with Crippen LogP contribution in [-0.2, 0) is 0 Å². The minimum Gasteiger partial charge on any atom is -0.328 e. The smallest absolute Gasteiger partial charge is 0.248 e. The number of aromatic nitrogens is 2. The second-order valence-corrected chi connectivity index (χ2v) is 4.21. The molecule has 0 radical (unpaired) electrons. The summed E-state index contributed by atoms with van der Waals surface area (Å²) in [4.78, 5) is 18.6. The third-order valence-corrected chi connectivity index (χ3v) is 2.95. The van der Waals surface area contributed by atoms with Crippen LogP contribution in [0.1, 0.15) is 0 Å². The van der Waals surface area contributed by atoms with Crippen molar-refractivity contribution >= 4 is 0 Å². The van der Waals surface area contributed by atoms with Gasteiger partial charge in [0.05, 0.1) is 5.69 Å². The van der Waals surface area contributed by atoms with Crippen molar-refractivity contribution in [2.75, 3.05) is 0 Å². The molecule has 0 aliphatic carbocycles. The third kappa shape index (κ3) is 2.31. The zero-order chi connectivity index (χ0) is 13.1. The number of H-pyrrole nitrogens is 1. The first-order valence-corrected chi connectivity index (χ1v) is 6.04. The number of aromatic amines is 1. The van der Waals surface area contributed by atoms with Gasteiger partial charge in [0.1, 0.15) is 0 Å². The molecule has 0 fully saturated rings. The van der Waals surface area contributed by atoms with Crippen LogP contribution in [0, 0.1) is 0 Å². The fourth-order valence-electron chi connectivity index (χ4n) is 2.06. The summed E-state index contributed by atoms with van der Waals surface area (Å²) < 4.78 is 0. The summed E-state index contributed by atoms with van der Waals surface area (Å²) in [6.45, 7) is 0. The van der Waals surface area contributed by atoms with Crippen LogP contribution in [0.15, 0.2) is 71.8 Å². The van der Waals surface area contributed by atoms with Crippen LogP contribution in [0.3, 0.4) is 0 Å². The summed E-state index contributed by atoms with van der Waals surface area (Å²) in [5, 5.41) is 0. The van der Waals surface area contributed by atoms with E-state index >= 15 is 0 Å². The Morgan fingerprint density at radius 2 is 1.68 bits per heavy atom. The Labute approximate surface area is 110 Å². The number of hydrogen-bond acceptors (Lipinski definition) is 2. The van der Waals surface area contributed by atoms with E-state index in [9.17, 15) is 4.79 Å². The van der Waals surface area contributed by atoms with Gasteiger partial charge in [-0.1, -0.05) is 36.4 Å². The van der Waals surface area contributed by atoms with Crippen LogP contribution >= 0.6 is 0 Å². The maximum Gasteiger partial charge on any atom is 0.248 e. The lowest BCUT2D eigenvalue weighted by Gasteiger charge is -2.08. The largest absolute Gasteiger partial charge is 0.328 e. The summed E-state index contributed by atoms with van der Waals surface area (Å²) in [6.07, 6.45) is 3.46. The highest BCUT2D eigenvalue weighted by Crippen LogP contribution is 2.28. The average molecular weight is 248 g/mol. The van der Waals surface area contributed by atoms with Gasteiger partial charge in [0.25, 0.3) is 0 Å². The molecular formula is C16H12N2O. The molecule has 0 spiro atoms. The van der Waals surface area contributed by atoms with Crippen LogP contribution < -0.4 is 5.56 Å². The van der Waals surface area contributed by atoms with Gasteiger partial charge in [0.2, 0.25) is 5.56 Å². The molecule has 2 aromatic heterocycles. The molecule has 0 aliphatic heterocycles. The number of rotatable bonds is 2. The van der Waals surface area contributed by atoms with Crippen LogP contribution in [0.5, 0.6) is 0 Å². The highest BCUT2D eigenvalue weighted by Gasteiger charge is 2.08. The predicted molar refractivity (Wildman–Crippen MR) is 75.7 cm³/mol. The maximum absolute atomic E-state index is 11.6. The number of nitrogens with one attached hydrogen (secondary N) is 1. The van der Waals surface area contributed by atoms with Crippen molar-refractivity contribution in [2.24, 2.45) is 0 Å². The fraction of sp³-hybridized carbons (Fsp3) is 0. The van der Waals surface area contributed by atoms with Crippen molar-refractivity contribution in [1.29, 1.82) is 0 Å². The number of nitrogens with zero attached hydrogens (tertiary/aromatic N) is 1. The lowest BCUT2D eigenvalue weighted by Crippen LogP contribution is -2.04. The molecule has 92 valence electrons. The summed E-state index contributed by atoms with van der Waals surface area (Å²) >= 11 is 0. The Bertz CT molecular complexity index is 733. The second-order valence-electron chi connectivity index (χ2n) is 4.21. The van der Waals surface area contributed by atoms with Crippen LogP contribution in [-0.4, -0.2) is 9.97 Å².